The van der Waals surface area contributed by atoms with Crippen LogP contribution >= 0.6 is 11.3 Å². The fraction of sp³-hybridized carbons (Fsp3) is 0.333. The number of carbonyl (C=O) groups is 2. The normalized spacial score (nSPS) is 10.3. The maximum Gasteiger partial charge on any atom is 0.341 e. The molecule has 1 N–H and O–H groups in total. The summed E-state index contributed by atoms with van der Waals surface area (Å²) in [4.78, 5) is 24.3. The van der Waals surface area contributed by atoms with Gasteiger partial charge >= 0.3 is 5.97 Å². The Bertz CT molecular complexity index is 664. The zero-order valence-corrected chi connectivity index (χ0v) is 14.2. The lowest BCUT2D eigenvalue weighted by atomic mass is 10.0. The van der Waals surface area contributed by atoms with Crippen LogP contribution in [0.1, 0.15) is 43.5 Å². The van der Waals surface area contributed by atoms with E-state index in [0.717, 1.165) is 24.0 Å². The third kappa shape index (κ3) is 4.42. The van der Waals surface area contributed by atoms with Crippen LogP contribution in [0.4, 0.5) is 5.00 Å². The van der Waals surface area contributed by atoms with Crippen molar-refractivity contribution in [3.8, 4) is 11.1 Å². The van der Waals surface area contributed by atoms with Gasteiger partial charge in [-0.3, -0.25) is 4.79 Å². The van der Waals surface area contributed by atoms with Crippen molar-refractivity contribution in [2.45, 2.75) is 33.1 Å². The molecular formula is C18H21NO3S. The average molecular weight is 331 g/mol. The largest absolute Gasteiger partial charge is 0.462 e. The minimum atomic E-state index is -0.404. The first-order chi connectivity index (χ1) is 11.2. The van der Waals surface area contributed by atoms with Gasteiger partial charge in [0.25, 0.3) is 0 Å². The molecule has 0 aliphatic heterocycles. The molecule has 0 bridgehead atoms. The molecular weight excluding hydrogens is 310 g/mol. The highest BCUT2D eigenvalue weighted by Gasteiger charge is 2.22. The quantitative estimate of drug-likeness (QED) is 0.747. The molecule has 0 aliphatic rings. The number of benzene rings is 1. The highest BCUT2D eigenvalue weighted by molar-refractivity contribution is 7.15. The summed E-state index contributed by atoms with van der Waals surface area (Å²) >= 11 is 1.35. The van der Waals surface area contributed by atoms with Gasteiger partial charge in [0.2, 0.25) is 5.91 Å². The number of ether oxygens (including phenoxy) is 1. The lowest BCUT2D eigenvalue weighted by molar-refractivity contribution is -0.116. The summed E-state index contributed by atoms with van der Waals surface area (Å²) in [5, 5.41) is 5.30. The van der Waals surface area contributed by atoms with Gasteiger partial charge in [-0.2, -0.15) is 0 Å². The fourth-order valence-corrected chi connectivity index (χ4v) is 3.19. The first-order valence-corrected chi connectivity index (χ1v) is 8.69. The first kappa shape index (κ1) is 17.2. The Morgan fingerprint density at radius 1 is 1.17 bits per heavy atom. The molecule has 0 unspecified atom stereocenters. The van der Waals surface area contributed by atoms with Crippen molar-refractivity contribution in [1.29, 1.82) is 0 Å². The van der Waals surface area contributed by atoms with Crippen LogP contribution in [-0.2, 0) is 9.53 Å². The monoisotopic (exact) mass is 331 g/mol. The van der Waals surface area contributed by atoms with Crippen LogP contribution in [0.25, 0.3) is 11.1 Å². The summed E-state index contributed by atoms with van der Waals surface area (Å²) in [7, 11) is 0. The van der Waals surface area contributed by atoms with Crippen molar-refractivity contribution in [3.05, 3.63) is 41.3 Å². The van der Waals surface area contributed by atoms with Crippen molar-refractivity contribution < 1.29 is 14.3 Å². The molecule has 1 aromatic heterocycles. The number of rotatable bonds is 7. The Labute approximate surface area is 140 Å². The lowest BCUT2D eigenvalue weighted by Gasteiger charge is -2.08. The average Bonchev–Trinajstić information content (AvgIpc) is 2.97. The Hall–Kier alpha value is -2.14. The fourth-order valence-electron chi connectivity index (χ4n) is 2.21. The Kier molecular flexibility index (Phi) is 6.35. The van der Waals surface area contributed by atoms with E-state index in [0.29, 0.717) is 23.6 Å². The van der Waals surface area contributed by atoms with Crippen molar-refractivity contribution in [2.75, 3.05) is 11.9 Å². The van der Waals surface area contributed by atoms with Gasteiger partial charge in [-0.05, 0) is 18.9 Å². The third-order valence-corrected chi connectivity index (χ3v) is 4.26. The smallest absolute Gasteiger partial charge is 0.341 e. The minimum absolute atomic E-state index is 0.0705. The lowest BCUT2D eigenvalue weighted by Crippen LogP contribution is -2.14. The van der Waals surface area contributed by atoms with Crippen LogP contribution < -0.4 is 5.32 Å². The maximum atomic E-state index is 12.3. The Morgan fingerprint density at radius 2 is 1.91 bits per heavy atom. The van der Waals surface area contributed by atoms with Crippen LogP contribution in [0, 0.1) is 0 Å². The van der Waals surface area contributed by atoms with E-state index in [1.54, 1.807) is 6.92 Å². The van der Waals surface area contributed by atoms with Crippen LogP contribution in [0.15, 0.2) is 35.7 Å². The number of unbranched alkanes of at least 4 members (excludes halogenated alkanes) is 1. The van der Waals surface area contributed by atoms with Crippen LogP contribution in [0.2, 0.25) is 0 Å². The Morgan fingerprint density at radius 3 is 2.57 bits per heavy atom. The Balaban J connectivity index is 2.33. The molecule has 0 aliphatic carbocycles. The number of nitrogens with one attached hydrogen (secondary N) is 1. The second-order valence-electron chi connectivity index (χ2n) is 5.09. The van der Waals surface area contributed by atoms with Crippen LogP contribution in [-0.4, -0.2) is 18.5 Å². The van der Waals surface area contributed by atoms with Crippen molar-refractivity contribution in [2.24, 2.45) is 0 Å². The van der Waals surface area contributed by atoms with Gasteiger partial charge in [0.1, 0.15) is 10.6 Å². The number of hydrogen-bond donors (Lipinski definition) is 1. The SMILES string of the molecule is CCCCC(=O)Nc1scc(-c2ccccc2)c1C(=O)OCC. The summed E-state index contributed by atoms with van der Waals surface area (Å²) in [5.74, 6) is -0.475. The topological polar surface area (TPSA) is 55.4 Å². The van der Waals surface area contributed by atoms with Gasteiger partial charge in [0.15, 0.2) is 0 Å². The van der Waals surface area contributed by atoms with Crippen molar-refractivity contribution in [3.63, 3.8) is 0 Å². The zero-order valence-electron chi connectivity index (χ0n) is 13.4. The van der Waals surface area contributed by atoms with Gasteiger partial charge in [-0.15, -0.1) is 11.3 Å². The number of thiophene rings is 1. The van der Waals surface area contributed by atoms with Gasteiger partial charge in [0.05, 0.1) is 6.61 Å². The molecule has 1 heterocycles. The van der Waals surface area contributed by atoms with Crippen LogP contribution in [0.5, 0.6) is 0 Å². The molecule has 0 saturated carbocycles. The number of hydrogen-bond acceptors (Lipinski definition) is 4. The van der Waals surface area contributed by atoms with E-state index in [9.17, 15) is 9.59 Å². The molecule has 0 saturated heterocycles. The molecule has 0 atom stereocenters. The summed E-state index contributed by atoms with van der Waals surface area (Å²) in [6, 6.07) is 9.64. The highest BCUT2D eigenvalue weighted by Crippen LogP contribution is 2.36. The van der Waals surface area contributed by atoms with E-state index in [4.69, 9.17) is 4.74 Å². The van der Waals surface area contributed by atoms with Gasteiger partial charge < -0.3 is 10.1 Å². The van der Waals surface area contributed by atoms with Crippen molar-refractivity contribution >= 4 is 28.2 Å². The number of esters is 1. The molecule has 23 heavy (non-hydrogen) atoms. The minimum Gasteiger partial charge on any atom is -0.462 e. The zero-order chi connectivity index (χ0) is 16.7. The van der Waals surface area contributed by atoms with E-state index in [1.807, 2.05) is 42.6 Å². The highest BCUT2D eigenvalue weighted by atomic mass is 32.1. The molecule has 122 valence electrons. The van der Waals surface area contributed by atoms with E-state index < -0.39 is 5.97 Å². The summed E-state index contributed by atoms with van der Waals surface area (Å²) < 4.78 is 5.17. The molecule has 0 fully saturated rings. The molecule has 5 heteroatoms. The van der Waals surface area contributed by atoms with Gasteiger partial charge in [-0.25, -0.2) is 4.79 Å². The van der Waals surface area contributed by atoms with E-state index in [2.05, 4.69) is 5.32 Å². The number of amides is 1. The standard InChI is InChI=1S/C18H21NO3S/c1-3-5-11-15(20)19-17-16(18(21)22-4-2)14(12-23-17)13-9-7-6-8-10-13/h6-10,12H,3-5,11H2,1-2H3,(H,19,20). The third-order valence-electron chi connectivity index (χ3n) is 3.37. The molecule has 1 amide bonds. The molecule has 1 aromatic carbocycles. The molecule has 2 aromatic rings. The summed E-state index contributed by atoms with van der Waals surface area (Å²) in [5.41, 5.74) is 2.16. The predicted molar refractivity (Wildman–Crippen MR) is 93.9 cm³/mol. The summed E-state index contributed by atoms with van der Waals surface area (Å²) in [6.45, 7) is 4.11. The van der Waals surface area contributed by atoms with Gasteiger partial charge in [0, 0.05) is 17.4 Å². The second kappa shape index (κ2) is 8.48. The van der Waals surface area contributed by atoms with Gasteiger partial charge in [-0.1, -0.05) is 43.7 Å². The predicted octanol–water partition coefficient (Wildman–Crippen LogP) is 4.72. The van der Waals surface area contributed by atoms with E-state index in [-0.39, 0.29) is 5.91 Å². The number of carbonyl (C=O) groups excluding carboxylic acids is 2. The van der Waals surface area contributed by atoms with E-state index in [1.165, 1.54) is 11.3 Å². The van der Waals surface area contributed by atoms with Crippen LogP contribution in [0.3, 0.4) is 0 Å². The maximum absolute atomic E-state index is 12.3. The second-order valence-corrected chi connectivity index (χ2v) is 5.97. The number of anilines is 1. The molecule has 0 radical (unpaired) electrons. The molecule has 2 rings (SSSR count). The summed E-state index contributed by atoms with van der Waals surface area (Å²) in [6.07, 6.45) is 2.24. The molecule has 0 spiro atoms. The van der Waals surface area contributed by atoms with Crippen molar-refractivity contribution in [1.82, 2.24) is 0 Å². The molecule has 4 nitrogen and oxygen atoms in total. The van der Waals surface area contributed by atoms with E-state index >= 15 is 0 Å². The first-order valence-electron chi connectivity index (χ1n) is 7.81.